The third-order valence-corrected chi connectivity index (χ3v) is 4.05. The van der Waals surface area contributed by atoms with Gasteiger partial charge in [0, 0.05) is 5.56 Å². The molecule has 0 fully saturated rings. The lowest BCUT2D eigenvalue weighted by molar-refractivity contribution is 0.295. The van der Waals surface area contributed by atoms with Crippen LogP contribution in [-0.4, -0.2) is 0 Å². The molecule has 3 heteroatoms. The van der Waals surface area contributed by atoms with Crippen molar-refractivity contribution < 1.29 is 4.74 Å². The van der Waals surface area contributed by atoms with Crippen molar-refractivity contribution in [1.29, 1.82) is 5.26 Å². The van der Waals surface area contributed by atoms with Gasteiger partial charge in [-0.1, -0.05) is 39.0 Å². The van der Waals surface area contributed by atoms with Crippen LogP contribution in [0.2, 0.25) is 0 Å². The van der Waals surface area contributed by atoms with Gasteiger partial charge in [0.25, 0.3) is 0 Å². The molecule has 0 radical (unpaired) electrons. The molecule has 2 aromatic carbocycles. The van der Waals surface area contributed by atoms with E-state index in [9.17, 15) is 0 Å². The Kier molecular flexibility index (Phi) is 4.93. The average molecular weight is 358 g/mol. The maximum atomic E-state index is 8.84. The van der Waals surface area contributed by atoms with Crippen LogP contribution in [0.25, 0.3) is 0 Å². The normalized spacial score (nSPS) is 11.1. The lowest BCUT2D eigenvalue weighted by Crippen LogP contribution is -2.14. The van der Waals surface area contributed by atoms with Crippen LogP contribution in [0.1, 0.15) is 43.0 Å². The first-order chi connectivity index (χ1) is 10.3. The van der Waals surface area contributed by atoms with Gasteiger partial charge in [0.2, 0.25) is 0 Å². The largest absolute Gasteiger partial charge is 0.487 e. The van der Waals surface area contributed by atoms with E-state index in [1.165, 1.54) is 11.1 Å². The molecule has 0 saturated heterocycles. The Labute approximate surface area is 140 Å². The van der Waals surface area contributed by atoms with Crippen molar-refractivity contribution in [2.45, 2.75) is 39.7 Å². The van der Waals surface area contributed by atoms with Crippen molar-refractivity contribution in [2.24, 2.45) is 0 Å². The summed E-state index contributed by atoms with van der Waals surface area (Å²) in [5, 5.41) is 8.84. The number of ether oxygens (including phenoxy) is 1. The maximum absolute atomic E-state index is 8.84. The van der Waals surface area contributed by atoms with Crippen molar-refractivity contribution in [1.82, 2.24) is 0 Å². The number of nitrogens with zero attached hydrogens (tertiary/aromatic N) is 1. The molecule has 0 amide bonds. The predicted octanol–water partition coefficient (Wildman–Crippen LogP) is 5.51. The SMILES string of the molecule is Cc1cc(Br)c(OCc2ccc(C#N)cc2)c(C(C)(C)C)c1. The summed E-state index contributed by atoms with van der Waals surface area (Å²) in [7, 11) is 0. The van der Waals surface area contributed by atoms with E-state index in [0.717, 1.165) is 15.8 Å². The Morgan fingerprint density at radius 2 is 1.77 bits per heavy atom. The van der Waals surface area contributed by atoms with Gasteiger partial charge in [0.05, 0.1) is 16.1 Å². The van der Waals surface area contributed by atoms with Crippen LogP contribution in [-0.2, 0) is 12.0 Å². The molecule has 0 atom stereocenters. The summed E-state index contributed by atoms with van der Waals surface area (Å²) in [6, 6.07) is 13.9. The van der Waals surface area contributed by atoms with Crippen LogP contribution in [0.3, 0.4) is 0 Å². The van der Waals surface area contributed by atoms with Gasteiger partial charge >= 0.3 is 0 Å². The van der Waals surface area contributed by atoms with Crippen molar-refractivity contribution in [3.05, 3.63) is 63.1 Å². The molecule has 0 saturated carbocycles. The molecule has 0 aliphatic carbocycles. The van der Waals surface area contributed by atoms with E-state index < -0.39 is 0 Å². The van der Waals surface area contributed by atoms with Gasteiger partial charge < -0.3 is 4.74 Å². The van der Waals surface area contributed by atoms with Crippen molar-refractivity contribution in [2.75, 3.05) is 0 Å². The molecule has 22 heavy (non-hydrogen) atoms. The standard InChI is InChI=1S/C19H20BrNO/c1-13-9-16(19(2,3)4)18(17(20)10-13)22-12-15-7-5-14(11-21)6-8-15/h5-10H,12H2,1-4H3. The third kappa shape index (κ3) is 3.90. The summed E-state index contributed by atoms with van der Waals surface area (Å²) in [4.78, 5) is 0. The molecule has 0 bridgehead atoms. The average Bonchev–Trinajstić information content (AvgIpc) is 2.45. The van der Waals surface area contributed by atoms with Crippen LogP contribution < -0.4 is 4.74 Å². The topological polar surface area (TPSA) is 33.0 Å². The van der Waals surface area contributed by atoms with Crippen molar-refractivity contribution >= 4 is 15.9 Å². The van der Waals surface area contributed by atoms with E-state index in [0.29, 0.717) is 12.2 Å². The number of hydrogen-bond acceptors (Lipinski definition) is 2. The van der Waals surface area contributed by atoms with Crippen LogP contribution in [0.4, 0.5) is 0 Å². The lowest BCUT2D eigenvalue weighted by Gasteiger charge is -2.24. The van der Waals surface area contributed by atoms with Crippen molar-refractivity contribution in [3.63, 3.8) is 0 Å². The monoisotopic (exact) mass is 357 g/mol. The molecule has 114 valence electrons. The third-order valence-electron chi connectivity index (χ3n) is 3.46. The fourth-order valence-corrected chi connectivity index (χ4v) is 2.95. The number of aryl methyl sites for hydroxylation is 1. The van der Waals surface area contributed by atoms with Crippen LogP contribution in [0, 0.1) is 18.3 Å². The number of halogens is 1. The zero-order valence-electron chi connectivity index (χ0n) is 13.4. The van der Waals surface area contributed by atoms with Gasteiger partial charge in [-0.2, -0.15) is 5.26 Å². The molecule has 0 aliphatic rings. The Bertz CT molecular complexity index is 706. The van der Waals surface area contributed by atoms with Crippen LogP contribution in [0.15, 0.2) is 40.9 Å². The maximum Gasteiger partial charge on any atom is 0.137 e. The van der Waals surface area contributed by atoms with E-state index in [4.69, 9.17) is 10.00 Å². The van der Waals surface area contributed by atoms with Crippen molar-refractivity contribution in [3.8, 4) is 11.8 Å². The molecule has 0 aromatic heterocycles. The molecule has 0 aliphatic heterocycles. The second-order valence-corrected chi connectivity index (χ2v) is 7.33. The van der Waals surface area contributed by atoms with E-state index in [-0.39, 0.29) is 5.41 Å². The van der Waals surface area contributed by atoms with Gasteiger partial charge in [0.1, 0.15) is 12.4 Å². The second-order valence-electron chi connectivity index (χ2n) is 6.47. The predicted molar refractivity (Wildman–Crippen MR) is 93.1 cm³/mol. The summed E-state index contributed by atoms with van der Waals surface area (Å²) in [6.45, 7) is 9.12. The molecule has 0 spiro atoms. The first-order valence-corrected chi connectivity index (χ1v) is 8.03. The molecule has 2 rings (SSSR count). The first-order valence-electron chi connectivity index (χ1n) is 7.24. The number of hydrogen-bond donors (Lipinski definition) is 0. The minimum atomic E-state index is 0.00847. The Balaban J connectivity index is 2.27. The van der Waals surface area contributed by atoms with Gasteiger partial charge in [0.15, 0.2) is 0 Å². The highest BCUT2D eigenvalue weighted by Gasteiger charge is 2.21. The van der Waals surface area contributed by atoms with E-state index in [1.54, 1.807) is 0 Å². The number of rotatable bonds is 3. The summed E-state index contributed by atoms with van der Waals surface area (Å²) in [5.41, 5.74) is 4.12. The smallest absolute Gasteiger partial charge is 0.137 e. The summed E-state index contributed by atoms with van der Waals surface area (Å²) >= 11 is 3.62. The molecule has 0 heterocycles. The fourth-order valence-electron chi connectivity index (χ4n) is 2.26. The highest BCUT2D eigenvalue weighted by atomic mass is 79.9. The molecule has 0 N–H and O–H groups in total. The van der Waals surface area contributed by atoms with Gasteiger partial charge in [-0.05, 0) is 57.6 Å². The molecule has 0 unspecified atom stereocenters. The molecular weight excluding hydrogens is 338 g/mol. The van der Waals surface area contributed by atoms with E-state index >= 15 is 0 Å². The molecule has 2 aromatic rings. The Morgan fingerprint density at radius 1 is 1.14 bits per heavy atom. The zero-order valence-corrected chi connectivity index (χ0v) is 15.0. The first kappa shape index (κ1) is 16.6. The quantitative estimate of drug-likeness (QED) is 0.725. The van der Waals surface area contributed by atoms with Crippen LogP contribution in [0.5, 0.6) is 5.75 Å². The minimum absolute atomic E-state index is 0.00847. The van der Waals surface area contributed by atoms with E-state index in [1.807, 2.05) is 24.3 Å². The Hall–Kier alpha value is -1.79. The fraction of sp³-hybridized carbons (Fsp3) is 0.316. The summed E-state index contributed by atoms with van der Waals surface area (Å²) in [5.74, 6) is 0.891. The molecule has 2 nitrogen and oxygen atoms in total. The summed E-state index contributed by atoms with van der Waals surface area (Å²) in [6.07, 6.45) is 0. The molecular formula is C19H20BrNO. The zero-order chi connectivity index (χ0) is 16.3. The highest BCUT2D eigenvalue weighted by Crippen LogP contribution is 2.38. The van der Waals surface area contributed by atoms with Gasteiger partial charge in [-0.15, -0.1) is 0 Å². The van der Waals surface area contributed by atoms with Gasteiger partial charge in [-0.3, -0.25) is 0 Å². The lowest BCUT2D eigenvalue weighted by atomic mass is 9.85. The second kappa shape index (κ2) is 6.54. The van der Waals surface area contributed by atoms with E-state index in [2.05, 4.69) is 61.8 Å². The highest BCUT2D eigenvalue weighted by molar-refractivity contribution is 9.10. The van der Waals surface area contributed by atoms with Crippen LogP contribution >= 0.6 is 15.9 Å². The summed E-state index contributed by atoms with van der Waals surface area (Å²) < 4.78 is 7.06. The minimum Gasteiger partial charge on any atom is -0.487 e. The number of nitriles is 1. The Morgan fingerprint density at radius 3 is 2.32 bits per heavy atom. The van der Waals surface area contributed by atoms with Gasteiger partial charge in [-0.25, -0.2) is 0 Å². The number of benzene rings is 2.